The summed E-state index contributed by atoms with van der Waals surface area (Å²) < 4.78 is 0. The number of rotatable bonds is 4. The molecular weight excluding hydrogens is 408 g/mol. The molecule has 2 aliphatic rings. The topological polar surface area (TPSA) is 55.9 Å². The molecule has 158 valence electrons. The molecular formula is C24H24N4O2S. The maximum atomic E-state index is 13.9. The second kappa shape index (κ2) is 7.21. The van der Waals surface area contributed by atoms with Crippen LogP contribution in [0.25, 0.3) is 0 Å². The van der Waals surface area contributed by atoms with Gasteiger partial charge in [0.2, 0.25) is 5.66 Å². The largest absolute Gasteiger partial charge is 0.350 e. The summed E-state index contributed by atoms with van der Waals surface area (Å²) in [4.78, 5) is 34.3. The molecule has 0 saturated carbocycles. The van der Waals surface area contributed by atoms with Crippen molar-refractivity contribution < 1.29 is 9.59 Å². The van der Waals surface area contributed by atoms with Crippen LogP contribution >= 0.6 is 11.3 Å². The third-order valence-corrected chi connectivity index (χ3v) is 7.22. The van der Waals surface area contributed by atoms with Crippen molar-refractivity contribution in [1.29, 1.82) is 0 Å². The van der Waals surface area contributed by atoms with E-state index in [4.69, 9.17) is 0 Å². The van der Waals surface area contributed by atoms with Crippen molar-refractivity contribution in [2.45, 2.75) is 11.7 Å². The standard InChI is InChI=1S/C24H24N4O2S/c1-26(2)20(21-13-8-14-31-21)15-28-22(29)16-9-4-6-11-18(16)25-24(28)17-10-5-7-12-19(17)27(3)23(24)30/h4-14,20,25H,15H2,1-3H3. The van der Waals surface area contributed by atoms with E-state index in [1.165, 1.54) is 0 Å². The van der Waals surface area contributed by atoms with Gasteiger partial charge in [0, 0.05) is 29.7 Å². The van der Waals surface area contributed by atoms with Crippen molar-refractivity contribution >= 4 is 34.5 Å². The quantitative estimate of drug-likeness (QED) is 0.682. The third-order valence-electron chi connectivity index (χ3n) is 6.24. The van der Waals surface area contributed by atoms with Gasteiger partial charge in [-0.05, 0) is 43.7 Å². The highest BCUT2D eigenvalue weighted by molar-refractivity contribution is 7.10. The summed E-state index contributed by atoms with van der Waals surface area (Å²) in [7, 11) is 5.77. The molecule has 2 aliphatic heterocycles. The Kier molecular flexibility index (Phi) is 4.60. The van der Waals surface area contributed by atoms with Gasteiger partial charge in [0.25, 0.3) is 11.8 Å². The van der Waals surface area contributed by atoms with Crippen LogP contribution in [0.1, 0.15) is 26.8 Å². The van der Waals surface area contributed by atoms with Crippen LogP contribution in [-0.2, 0) is 10.5 Å². The normalized spacial score (nSPS) is 20.8. The highest BCUT2D eigenvalue weighted by atomic mass is 32.1. The average Bonchev–Trinajstić information content (AvgIpc) is 3.37. The molecule has 0 fully saturated rings. The Bertz CT molecular complexity index is 1160. The van der Waals surface area contributed by atoms with E-state index in [0.29, 0.717) is 17.8 Å². The first-order valence-corrected chi connectivity index (χ1v) is 11.1. The van der Waals surface area contributed by atoms with Crippen LogP contribution in [0.3, 0.4) is 0 Å². The number of carbonyl (C=O) groups is 2. The summed E-state index contributed by atoms with van der Waals surface area (Å²) in [5.74, 6) is -0.295. The molecule has 1 N–H and O–H groups in total. The predicted molar refractivity (Wildman–Crippen MR) is 123 cm³/mol. The Hall–Kier alpha value is -3.16. The fourth-order valence-electron chi connectivity index (χ4n) is 4.64. The summed E-state index contributed by atoms with van der Waals surface area (Å²) in [5, 5.41) is 5.52. The first kappa shape index (κ1) is 19.8. The smallest absolute Gasteiger partial charge is 0.278 e. The number of para-hydroxylation sites is 2. The second-order valence-electron chi connectivity index (χ2n) is 8.17. The zero-order chi connectivity index (χ0) is 21.8. The number of benzene rings is 2. The van der Waals surface area contributed by atoms with Crippen LogP contribution in [0.5, 0.6) is 0 Å². The van der Waals surface area contributed by atoms with E-state index in [2.05, 4.69) is 16.3 Å². The Morgan fingerprint density at radius 1 is 1.03 bits per heavy atom. The van der Waals surface area contributed by atoms with E-state index in [9.17, 15) is 9.59 Å². The van der Waals surface area contributed by atoms with Crippen LogP contribution in [0.4, 0.5) is 11.4 Å². The molecule has 2 amide bonds. The minimum atomic E-state index is -1.28. The van der Waals surface area contributed by atoms with Gasteiger partial charge >= 0.3 is 0 Å². The summed E-state index contributed by atoms with van der Waals surface area (Å²) in [6.07, 6.45) is 0. The van der Waals surface area contributed by atoms with Crippen LogP contribution in [0, 0.1) is 0 Å². The molecule has 7 heteroatoms. The molecule has 1 spiro atoms. The number of carbonyl (C=O) groups excluding carboxylic acids is 2. The van der Waals surface area contributed by atoms with E-state index in [-0.39, 0.29) is 17.9 Å². The number of anilines is 2. The summed E-state index contributed by atoms with van der Waals surface area (Å²) in [5.41, 5.74) is 1.60. The summed E-state index contributed by atoms with van der Waals surface area (Å²) in [6.45, 7) is 0.377. The van der Waals surface area contributed by atoms with Gasteiger partial charge in [0.05, 0.1) is 17.3 Å². The van der Waals surface area contributed by atoms with Gasteiger partial charge < -0.3 is 20.0 Å². The number of nitrogens with zero attached hydrogens (tertiary/aromatic N) is 3. The lowest BCUT2D eigenvalue weighted by atomic mass is 9.92. The van der Waals surface area contributed by atoms with E-state index in [1.54, 1.807) is 28.2 Å². The van der Waals surface area contributed by atoms with Gasteiger partial charge in [0.1, 0.15) is 0 Å². The van der Waals surface area contributed by atoms with Crippen molar-refractivity contribution in [2.24, 2.45) is 0 Å². The fraction of sp³-hybridized carbons (Fsp3) is 0.250. The SMILES string of the molecule is CN1C(=O)C2(Nc3ccccc3C(=O)N2CC(c2cccs2)N(C)C)c2ccccc21. The molecule has 6 nitrogen and oxygen atoms in total. The van der Waals surface area contributed by atoms with E-state index in [0.717, 1.165) is 16.1 Å². The average molecular weight is 433 g/mol. The van der Waals surface area contributed by atoms with Crippen molar-refractivity contribution in [3.05, 3.63) is 82.0 Å². The summed E-state index contributed by atoms with van der Waals surface area (Å²) >= 11 is 1.66. The maximum absolute atomic E-state index is 13.9. The zero-order valence-corrected chi connectivity index (χ0v) is 18.5. The molecule has 0 saturated heterocycles. The van der Waals surface area contributed by atoms with Crippen LogP contribution in [-0.4, -0.2) is 49.3 Å². The number of hydrogen-bond donors (Lipinski definition) is 1. The van der Waals surface area contributed by atoms with E-state index in [1.807, 2.05) is 74.1 Å². The van der Waals surface area contributed by atoms with Gasteiger partial charge in [-0.15, -0.1) is 11.3 Å². The predicted octanol–water partition coefficient (Wildman–Crippen LogP) is 3.75. The molecule has 3 heterocycles. The van der Waals surface area contributed by atoms with Gasteiger partial charge in [-0.25, -0.2) is 0 Å². The molecule has 0 radical (unpaired) electrons. The molecule has 0 aliphatic carbocycles. The molecule has 31 heavy (non-hydrogen) atoms. The van der Waals surface area contributed by atoms with Gasteiger partial charge in [-0.2, -0.15) is 0 Å². The van der Waals surface area contributed by atoms with Crippen molar-refractivity contribution in [3.8, 4) is 0 Å². The highest BCUT2D eigenvalue weighted by Crippen LogP contribution is 2.48. The molecule has 3 aromatic rings. The van der Waals surface area contributed by atoms with Gasteiger partial charge in [-0.3, -0.25) is 9.59 Å². The van der Waals surface area contributed by atoms with Crippen molar-refractivity contribution in [2.75, 3.05) is 37.9 Å². The highest BCUT2D eigenvalue weighted by Gasteiger charge is 2.58. The molecule has 2 atom stereocenters. The summed E-state index contributed by atoms with van der Waals surface area (Å²) in [6, 6.07) is 19.2. The lowest BCUT2D eigenvalue weighted by Crippen LogP contribution is -2.63. The number of thiophene rings is 1. The number of fused-ring (bicyclic) bond motifs is 3. The van der Waals surface area contributed by atoms with Gasteiger partial charge in [-0.1, -0.05) is 36.4 Å². The lowest BCUT2D eigenvalue weighted by Gasteiger charge is -2.46. The Labute approximate surface area is 185 Å². The number of nitrogens with one attached hydrogen (secondary N) is 1. The maximum Gasteiger partial charge on any atom is 0.278 e. The zero-order valence-electron chi connectivity index (χ0n) is 17.7. The lowest BCUT2D eigenvalue weighted by molar-refractivity contribution is -0.127. The van der Waals surface area contributed by atoms with E-state index < -0.39 is 5.66 Å². The number of hydrogen-bond acceptors (Lipinski definition) is 5. The molecule has 2 unspecified atom stereocenters. The Balaban J connectivity index is 1.71. The molecule has 1 aromatic heterocycles. The second-order valence-corrected chi connectivity index (χ2v) is 9.15. The minimum absolute atomic E-state index is 0.0428. The minimum Gasteiger partial charge on any atom is -0.350 e. The third kappa shape index (κ3) is 2.80. The molecule has 5 rings (SSSR count). The molecule has 2 aromatic carbocycles. The van der Waals surface area contributed by atoms with Crippen molar-refractivity contribution in [3.63, 3.8) is 0 Å². The Morgan fingerprint density at radius 2 is 1.77 bits per heavy atom. The van der Waals surface area contributed by atoms with E-state index >= 15 is 0 Å². The fourth-order valence-corrected chi connectivity index (χ4v) is 5.55. The van der Waals surface area contributed by atoms with Crippen LogP contribution in [0.2, 0.25) is 0 Å². The number of amides is 2. The van der Waals surface area contributed by atoms with Gasteiger partial charge in [0.15, 0.2) is 0 Å². The first-order valence-electron chi connectivity index (χ1n) is 10.2. The molecule has 0 bridgehead atoms. The monoisotopic (exact) mass is 432 g/mol. The number of likely N-dealkylation sites (N-methyl/N-ethyl adjacent to an activating group) is 2. The Morgan fingerprint density at radius 3 is 2.52 bits per heavy atom. The van der Waals surface area contributed by atoms with Crippen molar-refractivity contribution in [1.82, 2.24) is 9.80 Å². The van der Waals surface area contributed by atoms with Crippen LogP contribution in [0.15, 0.2) is 66.0 Å². The van der Waals surface area contributed by atoms with Crippen LogP contribution < -0.4 is 10.2 Å². The first-order chi connectivity index (χ1) is 14.9.